The van der Waals surface area contributed by atoms with Gasteiger partial charge in [-0.15, -0.1) is 0 Å². The molecule has 0 saturated heterocycles. The van der Waals surface area contributed by atoms with E-state index >= 15 is 0 Å². The number of rotatable bonds is 2. The Kier molecular flexibility index (Phi) is 3.62. The van der Waals surface area contributed by atoms with Gasteiger partial charge in [-0.3, -0.25) is 0 Å². The fourth-order valence-corrected chi connectivity index (χ4v) is 1.89. The summed E-state index contributed by atoms with van der Waals surface area (Å²) in [5.41, 5.74) is 0.459. The van der Waals surface area contributed by atoms with Crippen LogP contribution in [0.1, 0.15) is 24.8 Å². The molecule has 74 valence electrons. The average molecular weight is 230 g/mol. The molecule has 0 saturated carbocycles. The predicted molar refractivity (Wildman–Crippen MR) is 56.8 cm³/mol. The zero-order valence-electron chi connectivity index (χ0n) is 7.59. The molecule has 4 heteroatoms. The van der Waals surface area contributed by atoms with Crippen LogP contribution in [0.3, 0.4) is 0 Å². The van der Waals surface area contributed by atoms with Gasteiger partial charge in [0.2, 0.25) is 0 Å². The molecule has 1 N–H and O–H groups in total. The molecule has 0 amide bonds. The molecule has 1 unspecified atom stereocenters. The van der Waals surface area contributed by atoms with Gasteiger partial charge in [-0.1, -0.05) is 30.1 Å². The van der Waals surface area contributed by atoms with E-state index in [0.29, 0.717) is 22.0 Å². The summed E-state index contributed by atoms with van der Waals surface area (Å²) in [6.45, 7) is 1.86. The first-order chi connectivity index (χ1) is 6.60. The Morgan fingerprint density at radius 1 is 1.50 bits per heavy atom. The van der Waals surface area contributed by atoms with Crippen molar-refractivity contribution >= 4 is 23.2 Å². The van der Waals surface area contributed by atoms with Crippen molar-refractivity contribution in [2.45, 2.75) is 19.3 Å². The van der Waals surface area contributed by atoms with Crippen LogP contribution >= 0.6 is 23.2 Å². The minimum absolute atomic E-state index is 0.0177. The molecule has 2 nitrogen and oxygen atoms in total. The highest BCUT2D eigenvalue weighted by atomic mass is 35.5. The smallest absolute Gasteiger partial charge is 0.123 e. The molecule has 1 atom stereocenters. The minimum Gasteiger partial charge on any atom is -0.508 e. The van der Waals surface area contributed by atoms with E-state index in [1.54, 1.807) is 0 Å². The quantitative estimate of drug-likeness (QED) is 0.841. The number of halogens is 2. The van der Waals surface area contributed by atoms with E-state index < -0.39 is 0 Å². The second-order valence-electron chi connectivity index (χ2n) is 2.91. The number of phenols is 1. The van der Waals surface area contributed by atoms with Crippen LogP contribution in [0.5, 0.6) is 5.75 Å². The van der Waals surface area contributed by atoms with Gasteiger partial charge in [0.25, 0.3) is 0 Å². The maximum atomic E-state index is 9.58. The van der Waals surface area contributed by atoms with Gasteiger partial charge in [0.15, 0.2) is 0 Å². The Hall–Kier alpha value is -0.910. The summed E-state index contributed by atoms with van der Waals surface area (Å²) in [5, 5.41) is 19.1. The second-order valence-corrected chi connectivity index (χ2v) is 3.75. The van der Waals surface area contributed by atoms with Gasteiger partial charge in [0.1, 0.15) is 5.75 Å². The normalized spacial score (nSPS) is 12.1. The van der Waals surface area contributed by atoms with Crippen LogP contribution in [0, 0.1) is 11.3 Å². The molecule has 14 heavy (non-hydrogen) atoms. The van der Waals surface area contributed by atoms with E-state index in [4.69, 9.17) is 28.5 Å². The molecule has 0 aliphatic rings. The van der Waals surface area contributed by atoms with Gasteiger partial charge < -0.3 is 5.11 Å². The highest BCUT2D eigenvalue weighted by Gasteiger charge is 2.17. The lowest BCUT2D eigenvalue weighted by Gasteiger charge is -2.11. The predicted octanol–water partition coefficient (Wildman–Crippen LogP) is 3.72. The number of aromatic hydroxyl groups is 1. The number of nitriles is 1. The van der Waals surface area contributed by atoms with Crippen LogP contribution in [0.4, 0.5) is 0 Å². The summed E-state index contributed by atoms with van der Waals surface area (Å²) in [4.78, 5) is 0. The third kappa shape index (κ3) is 2.12. The highest BCUT2D eigenvalue weighted by Crippen LogP contribution is 2.36. The van der Waals surface area contributed by atoms with Crippen LogP contribution < -0.4 is 0 Å². The largest absolute Gasteiger partial charge is 0.508 e. The summed E-state index contributed by atoms with van der Waals surface area (Å²) in [7, 11) is 0. The second kappa shape index (κ2) is 4.54. The van der Waals surface area contributed by atoms with E-state index in [1.807, 2.05) is 6.92 Å². The van der Waals surface area contributed by atoms with E-state index in [1.165, 1.54) is 12.1 Å². The highest BCUT2D eigenvalue weighted by molar-refractivity contribution is 6.35. The zero-order chi connectivity index (χ0) is 10.7. The number of hydrogen-bond acceptors (Lipinski definition) is 2. The molecule has 1 aromatic rings. The lowest BCUT2D eigenvalue weighted by atomic mass is 9.97. The van der Waals surface area contributed by atoms with E-state index in [9.17, 15) is 5.11 Å². The van der Waals surface area contributed by atoms with Gasteiger partial charge in [-0.25, -0.2) is 0 Å². The summed E-state index contributed by atoms with van der Waals surface area (Å²) >= 11 is 11.6. The topological polar surface area (TPSA) is 44.0 Å². The van der Waals surface area contributed by atoms with Crippen LogP contribution in [0.15, 0.2) is 12.1 Å². The Morgan fingerprint density at radius 3 is 2.57 bits per heavy atom. The molecular weight excluding hydrogens is 221 g/mol. The number of benzene rings is 1. The van der Waals surface area contributed by atoms with Crippen molar-refractivity contribution in [3.63, 3.8) is 0 Å². The minimum atomic E-state index is -0.389. The summed E-state index contributed by atoms with van der Waals surface area (Å²) in [5.74, 6) is -0.407. The first-order valence-corrected chi connectivity index (χ1v) is 4.93. The monoisotopic (exact) mass is 229 g/mol. The number of phenolic OH excluding ortho intramolecular Hbond substituents is 1. The Balaban J connectivity index is 3.28. The standard InChI is InChI=1S/C10H9Cl2NO/c1-2-6(5-13)10-8(12)3-7(11)4-9(10)14/h3-4,6,14H,2H2,1H3. The van der Waals surface area contributed by atoms with E-state index in [0.717, 1.165) is 0 Å². The van der Waals surface area contributed by atoms with Crippen molar-refractivity contribution in [1.82, 2.24) is 0 Å². The van der Waals surface area contributed by atoms with Gasteiger partial charge >= 0.3 is 0 Å². The van der Waals surface area contributed by atoms with Crippen molar-refractivity contribution in [2.24, 2.45) is 0 Å². The third-order valence-electron chi connectivity index (χ3n) is 1.99. The van der Waals surface area contributed by atoms with Crippen LogP contribution in [0.2, 0.25) is 10.0 Å². The molecule has 0 fully saturated rings. The lowest BCUT2D eigenvalue weighted by molar-refractivity contribution is 0.465. The first kappa shape index (κ1) is 11.2. The van der Waals surface area contributed by atoms with Crippen molar-refractivity contribution in [1.29, 1.82) is 5.26 Å². The van der Waals surface area contributed by atoms with E-state index in [-0.39, 0.29) is 11.7 Å². The van der Waals surface area contributed by atoms with Gasteiger partial charge in [0, 0.05) is 10.6 Å². The van der Waals surface area contributed by atoms with Crippen molar-refractivity contribution < 1.29 is 5.11 Å². The molecule has 0 heterocycles. The van der Waals surface area contributed by atoms with Gasteiger partial charge in [0.05, 0.1) is 17.0 Å². The molecular formula is C10H9Cl2NO. The van der Waals surface area contributed by atoms with Crippen LogP contribution in [0.25, 0.3) is 0 Å². The fourth-order valence-electron chi connectivity index (χ4n) is 1.28. The summed E-state index contributed by atoms with van der Waals surface area (Å²) in [6, 6.07) is 5.00. The maximum absolute atomic E-state index is 9.58. The molecule has 0 bridgehead atoms. The molecule has 0 spiro atoms. The Morgan fingerprint density at radius 2 is 2.14 bits per heavy atom. The summed E-state index contributed by atoms with van der Waals surface area (Å²) < 4.78 is 0. The van der Waals surface area contributed by atoms with Gasteiger partial charge in [-0.05, 0) is 18.6 Å². The van der Waals surface area contributed by atoms with Crippen LogP contribution in [-0.2, 0) is 0 Å². The molecule has 1 rings (SSSR count). The fraction of sp³-hybridized carbons (Fsp3) is 0.300. The maximum Gasteiger partial charge on any atom is 0.123 e. The third-order valence-corrected chi connectivity index (χ3v) is 2.52. The molecule has 1 aromatic carbocycles. The Labute approximate surface area is 92.7 Å². The van der Waals surface area contributed by atoms with Crippen LogP contribution in [-0.4, -0.2) is 5.11 Å². The number of hydrogen-bond donors (Lipinski definition) is 1. The zero-order valence-corrected chi connectivity index (χ0v) is 9.10. The van der Waals surface area contributed by atoms with Crippen molar-refractivity contribution in [3.05, 3.63) is 27.7 Å². The van der Waals surface area contributed by atoms with Crippen molar-refractivity contribution in [2.75, 3.05) is 0 Å². The molecule has 0 radical (unpaired) electrons. The summed E-state index contributed by atoms with van der Waals surface area (Å²) in [6.07, 6.45) is 0.603. The average Bonchev–Trinajstić information content (AvgIpc) is 2.10. The SMILES string of the molecule is CCC(C#N)c1c(O)cc(Cl)cc1Cl. The van der Waals surface area contributed by atoms with Crippen molar-refractivity contribution in [3.8, 4) is 11.8 Å². The number of nitrogens with zero attached hydrogens (tertiary/aromatic N) is 1. The molecule has 0 aliphatic heterocycles. The van der Waals surface area contributed by atoms with Gasteiger partial charge in [-0.2, -0.15) is 5.26 Å². The molecule has 0 aromatic heterocycles. The first-order valence-electron chi connectivity index (χ1n) is 4.17. The molecule has 0 aliphatic carbocycles. The Bertz CT molecular complexity index is 361. The lowest BCUT2D eigenvalue weighted by Crippen LogP contribution is -1.95. The van der Waals surface area contributed by atoms with E-state index in [2.05, 4.69) is 6.07 Å².